The lowest BCUT2D eigenvalue weighted by Gasteiger charge is -2.34. The fraction of sp³-hybridized carbons (Fsp3) is 0.368. The third kappa shape index (κ3) is 3.99. The first-order valence-electron chi connectivity index (χ1n) is 8.62. The number of rotatable bonds is 3. The zero-order chi connectivity index (χ0) is 18.7. The van der Waals surface area contributed by atoms with E-state index in [-0.39, 0.29) is 23.1 Å². The number of hydrogen-bond donors (Lipinski definition) is 0. The fourth-order valence-electron chi connectivity index (χ4n) is 2.93. The van der Waals surface area contributed by atoms with Gasteiger partial charge in [0.1, 0.15) is 5.69 Å². The van der Waals surface area contributed by atoms with Gasteiger partial charge in [-0.05, 0) is 18.6 Å². The fourth-order valence-corrected chi connectivity index (χ4v) is 2.93. The van der Waals surface area contributed by atoms with E-state index in [0.29, 0.717) is 32.7 Å². The van der Waals surface area contributed by atoms with Gasteiger partial charge in [-0.25, -0.2) is 4.68 Å². The molecule has 1 saturated heterocycles. The van der Waals surface area contributed by atoms with Gasteiger partial charge >= 0.3 is 0 Å². The molecule has 7 nitrogen and oxygen atoms in total. The number of hydrogen-bond acceptors (Lipinski definition) is 4. The molecular formula is C19H22N4O3. The van der Waals surface area contributed by atoms with Crippen LogP contribution in [0.1, 0.15) is 28.5 Å². The Morgan fingerprint density at radius 2 is 1.58 bits per heavy atom. The first-order valence-corrected chi connectivity index (χ1v) is 8.62. The number of carbonyl (C=O) groups is 2. The normalized spacial score (nSPS) is 14.4. The second kappa shape index (κ2) is 7.51. The maximum atomic E-state index is 12.7. The molecule has 2 aromatic rings. The minimum Gasteiger partial charge on any atom is -0.339 e. The van der Waals surface area contributed by atoms with Gasteiger partial charge in [-0.1, -0.05) is 29.8 Å². The Morgan fingerprint density at radius 1 is 0.962 bits per heavy atom. The minimum absolute atomic E-state index is 0.0156. The Morgan fingerprint density at radius 3 is 2.19 bits per heavy atom. The molecule has 3 rings (SSSR count). The Labute approximate surface area is 151 Å². The molecule has 136 valence electrons. The Kier molecular flexibility index (Phi) is 5.16. The SMILES string of the molecule is CC(=O)N1CCN(C(=O)c2ccc(=O)n(Cc3ccc(C)cc3)n2)CC1. The van der Waals surface area contributed by atoms with Crippen LogP contribution in [0.25, 0.3) is 0 Å². The molecule has 0 unspecified atom stereocenters. The second-order valence-corrected chi connectivity index (χ2v) is 6.50. The molecule has 0 atom stereocenters. The lowest BCUT2D eigenvalue weighted by Crippen LogP contribution is -2.50. The number of aryl methyl sites for hydroxylation is 1. The molecule has 26 heavy (non-hydrogen) atoms. The Hall–Kier alpha value is -2.96. The van der Waals surface area contributed by atoms with Crippen LogP contribution in [-0.4, -0.2) is 57.6 Å². The highest BCUT2D eigenvalue weighted by atomic mass is 16.2. The van der Waals surface area contributed by atoms with Gasteiger partial charge in [-0.15, -0.1) is 0 Å². The summed E-state index contributed by atoms with van der Waals surface area (Å²) in [6.45, 7) is 5.82. The molecule has 1 fully saturated rings. The molecule has 1 aliphatic rings. The van der Waals surface area contributed by atoms with Gasteiger partial charge in [-0.3, -0.25) is 14.4 Å². The predicted molar refractivity (Wildman–Crippen MR) is 96.9 cm³/mol. The van der Waals surface area contributed by atoms with Crippen molar-refractivity contribution >= 4 is 11.8 Å². The van der Waals surface area contributed by atoms with Crippen molar-refractivity contribution in [2.24, 2.45) is 0 Å². The maximum Gasteiger partial charge on any atom is 0.274 e. The van der Waals surface area contributed by atoms with E-state index >= 15 is 0 Å². The van der Waals surface area contributed by atoms with Crippen LogP contribution in [0.4, 0.5) is 0 Å². The van der Waals surface area contributed by atoms with Crippen LogP contribution in [0.3, 0.4) is 0 Å². The molecule has 7 heteroatoms. The van der Waals surface area contributed by atoms with E-state index in [1.54, 1.807) is 9.80 Å². The van der Waals surface area contributed by atoms with Crippen molar-refractivity contribution in [3.63, 3.8) is 0 Å². The first-order chi connectivity index (χ1) is 12.4. The van der Waals surface area contributed by atoms with Crippen molar-refractivity contribution in [3.05, 3.63) is 63.6 Å². The quantitative estimate of drug-likeness (QED) is 0.821. The maximum absolute atomic E-state index is 12.7. The third-order valence-electron chi connectivity index (χ3n) is 4.55. The van der Waals surface area contributed by atoms with Gasteiger partial charge in [-0.2, -0.15) is 5.10 Å². The van der Waals surface area contributed by atoms with Crippen molar-refractivity contribution in [3.8, 4) is 0 Å². The summed E-state index contributed by atoms with van der Waals surface area (Å²) >= 11 is 0. The van der Waals surface area contributed by atoms with Crippen molar-refractivity contribution in [2.75, 3.05) is 26.2 Å². The predicted octanol–water partition coefficient (Wildman–Crippen LogP) is 0.904. The van der Waals surface area contributed by atoms with Crippen LogP contribution in [0, 0.1) is 6.92 Å². The van der Waals surface area contributed by atoms with Crippen LogP contribution in [0.5, 0.6) is 0 Å². The number of benzene rings is 1. The summed E-state index contributed by atoms with van der Waals surface area (Å²) in [7, 11) is 0. The highest BCUT2D eigenvalue weighted by molar-refractivity contribution is 5.92. The first kappa shape index (κ1) is 17.8. The lowest BCUT2D eigenvalue weighted by molar-refractivity contribution is -0.130. The van der Waals surface area contributed by atoms with Gasteiger partial charge in [0.25, 0.3) is 11.5 Å². The number of piperazine rings is 1. The van der Waals surface area contributed by atoms with Crippen molar-refractivity contribution < 1.29 is 9.59 Å². The standard InChI is InChI=1S/C19H22N4O3/c1-14-3-5-16(6-4-14)13-23-18(25)8-7-17(20-23)19(26)22-11-9-21(10-12-22)15(2)24/h3-8H,9-13H2,1-2H3. The highest BCUT2D eigenvalue weighted by Gasteiger charge is 2.24. The minimum atomic E-state index is -0.247. The summed E-state index contributed by atoms with van der Waals surface area (Å²) in [5.41, 5.74) is 2.09. The van der Waals surface area contributed by atoms with Gasteiger partial charge in [0.15, 0.2) is 0 Å². The van der Waals surface area contributed by atoms with Gasteiger partial charge in [0.2, 0.25) is 5.91 Å². The molecule has 1 aromatic carbocycles. The van der Waals surface area contributed by atoms with Crippen LogP contribution in [0.2, 0.25) is 0 Å². The molecule has 0 bridgehead atoms. The van der Waals surface area contributed by atoms with E-state index in [1.807, 2.05) is 31.2 Å². The van der Waals surface area contributed by atoms with Crippen molar-refractivity contribution in [2.45, 2.75) is 20.4 Å². The van der Waals surface area contributed by atoms with Crippen LogP contribution in [-0.2, 0) is 11.3 Å². The van der Waals surface area contributed by atoms with Crippen LogP contribution < -0.4 is 5.56 Å². The largest absolute Gasteiger partial charge is 0.339 e. The molecule has 0 spiro atoms. The van der Waals surface area contributed by atoms with Gasteiger partial charge in [0, 0.05) is 39.2 Å². The van der Waals surface area contributed by atoms with Crippen LogP contribution in [0.15, 0.2) is 41.2 Å². The summed E-state index contributed by atoms with van der Waals surface area (Å²) in [4.78, 5) is 39.6. The molecule has 2 heterocycles. The zero-order valence-corrected chi connectivity index (χ0v) is 15.0. The molecule has 1 aliphatic heterocycles. The molecule has 0 aliphatic carbocycles. The third-order valence-corrected chi connectivity index (χ3v) is 4.55. The summed E-state index contributed by atoms with van der Waals surface area (Å²) in [5, 5.41) is 4.25. The zero-order valence-electron chi connectivity index (χ0n) is 15.0. The van der Waals surface area contributed by atoms with E-state index in [0.717, 1.165) is 11.1 Å². The Bertz CT molecular complexity index is 865. The smallest absolute Gasteiger partial charge is 0.274 e. The van der Waals surface area contributed by atoms with Gasteiger partial charge < -0.3 is 9.80 Å². The summed E-state index contributed by atoms with van der Waals surface area (Å²) in [6.07, 6.45) is 0. The number of aromatic nitrogens is 2. The molecule has 2 amide bonds. The summed E-state index contributed by atoms with van der Waals surface area (Å²) in [5.74, 6) is -0.201. The number of carbonyl (C=O) groups excluding carboxylic acids is 2. The highest BCUT2D eigenvalue weighted by Crippen LogP contribution is 2.08. The van der Waals surface area contributed by atoms with Crippen molar-refractivity contribution in [1.29, 1.82) is 0 Å². The average molecular weight is 354 g/mol. The number of nitrogens with zero attached hydrogens (tertiary/aromatic N) is 4. The van der Waals surface area contributed by atoms with E-state index in [2.05, 4.69) is 5.10 Å². The lowest BCUT2D eigenvalue weighted by atomic mass is 10.1. The van der Waals surface area contributed by atoms with Crippen molar-refractivity contribution in [1.82, 2.24) is 19.6 Å². The monoisotopic (exact) mass is 354 g/mol. The number of amides is 2. The Balaban J connectivity index is 1.74. The molecule has 0 N–H and O–H groups in total. The van der Waals surface area contributed by atoms with E-state index < -0.39 is 0 Å². The van der Waals surface area contributed by atoms with E-state index in [1.165, 1.54) is 23.7 Å². The van der Waals surface area contributed by atoms with E-state index in [9.17, 15) is 14.4 Å². The average Bonchev–Trinajstić information content (AvgIpc) is 2.65. The molecule has 0 radical (unpaired) electrons. The topological polar surface area (TPSA) is 75.5 Å². The van der Waals surface area contributed by atoms with E-state index in [4.69, 9.17) is 0 Å². The van der Waals surface area contributed by atoms with Gasteiger partial charge in [0.05, 0.1) is 6.54 Å². The molecule has 1 aromatic heterocycles. The molecular weight excluding hydrogens is 332 g/mol. The second-order valence-electron chi connectivity index (χ2n) is 6.50. The molecule has 0 saturated carbocycles. The summed E-state index contributed by atoms with van der Waals surface area (Å²) < 4.78 is 1.31. The summed E-state index contributed by atoms with van der Waals surface area (Å²) in [6, 6.07) is 10.7. The van der Waals surface area contributed by atoms with Crippen LogP contribution >= 0.6 is 0 Å².